The Kier molecular flexibility index (Phi) is 2.39. The molecule has 0 atom stereocenters. The van der Waals surface area contributed by atoms with Crippen LogP contribution in [0.2, 0.25) is 0 Å². The van der Waals surface area contributed by atoms with Gasteiger partial charge in [0.1, 0.15) is 0 Å². The first-order valence-electron chi connectivity index (χ1n) is 4.80. The van der Waals surface area contributed by atoms with Crippen molar-refractivity contribution in [3.63, 3.8) is 0 Å². The minimum atomic E-state index is 0.551. The molecule has 2 rings (SSSR count). The fourth-order valence-electron chi connectivity index (χ4n) is 1.84. The van der Waals surface area contributed by atoms with Gasteiger partial charge in [0.25, 0.3) is 0 Å². The van der Waals surface area contributed by atoms with Gasteiger partial charge in [-0.05, 0) is 38.6 Å². The molecule has 1 N–H and O–H groups in total. The summed E-state index contributed by atoms with van der Waals surface area (Å²) >= 11 is 1.76. The summed E-state index contributed by atoms with van der Waals surface area (Å²) in [6, 6.07) is 0. The van der Waals surface area contributed by atoms with Crippen LogP contribution in [0.15, 0.2) is 5.38 Å². The molecular weight excluding hydrogens is 180 g/mol. The van der Waals surface area contributed by atoms with Crippen molar-refractivity contribution in [3.05, 3.63) is 16.1 Å². The van der Waals surface area contributed by atoms with Gasteiger partial charge < -0.3 is 5.32 Å². The van der Waals surface area contributed by atoms with Crippen LogP contribution in [-0.4, -0.2) is 18.6 Å². The van der Waals surface area contributed by atoms with E-state index in [9.17, 15) is 0 Å². The van der Waals surface area contributed by atoms with Crippen molar-refractivity contribution in [3.8, 4) is 0 Å². The van der Waals surface area contributed by atoms with E-state index in [1.165, 1.54) is 23.5 Å². The molecule has 0 amide bonds. The van der Waals surface area contributed by atoms with Crippen molar-refractivity contribution in [1.82, 2.24) is 10.3 Å². The second kappa shape index (κ2) is 3.39. The van der Waals surface area contributed by atoms with Gasteiger partial charge in [-0.25, -0.2) is 4.98 Å². The summed E-state index contributed by atoms with van der Waals surface area (Å²) in [5.41, 5.74) is 1.84. The van der Waals surface area contributed by atoms with Crippen LogP contribution in [0.1, 0.15) is 23.5 Å². The molecule has 1 aliphatic carbocycles. The molecule has 1 fully saturated rings. The summed E-state index contributed by atoms with van der Waals surface area (Å²) < 4.78 is 0. The molecule has 0 radical (unpaired) electrons. The summed E-state index contributed by atoms with van der Waals surface area (Å²) in [7, 11) is 2.03. The van der Waals surface area contributed by atoms with Gasteiger partial charge in [0.2, 0.25) is 0 Å². The Labute approximate surface area is 83.4 Å². The minimum absolute atomic E-state index is 0.551. The maximum atomic E-state index is 4.51. The Balaban J connectivity index is 1.98. The van der Waals surface area contributed by atoms with Gasteiger partial charge in [-0.1, -0.05) is 0 Å². The number of rotatable bonds is 4. The zero-order valence-corrected chi connectivity index (χ0v) is 9.08. The van der Waals surface area contributed by atoms with Crippen LogP contribution in [0.3, 0.4) is 0 Å². The topological polar surface area (TPSA) is 24.9 Å². The summed E-state index contributed by atoms with van der Waals surface area (Å²) in [5.74, 6) is 0. The van der Waals surface area contributed by atoms with E-state index in [-0.39, 0.29) is 0 Å². The van der Waals surface area contributed by atoms with E-state index in [1.807, 2.05) is 7.05 Å². The largest absolute Gasteiger partial charge is 0.319 e. The standard InChI is InChI=1S/C10H16N2S/c1-8-12-9(6-13-8)5-10(3-4-10)7-11-2/h6,11H,3-5,7H2,1-2H3. The van der Waals surface area contributed by atoms with E-state index in [4.69, 9.17) is 0 Å². The average Bonchev–Trinajstić information content (AvgIpc) is 2.70. The Morgan fingerprint density at radius 3 is 2.85 bits per heavy atom. The van der Waals surface area contributed by atoms with Gasteiger partial charge in [0.05, 0.1) is 10.7 Å². The Hall–Kier alpha value is -0.410. The molecule has 72 valence electrons. The zero-order chi connectivity index (χ0) is 9.31. The molecule has 1 heterocycles. The lowest BCUT2D eigenvalue weighted by atomic mass is 10.0. The number of nitrogens with zero attached hydrogens (tertiary/aromatic N) is 1. The number of hydrogen-bond donors (Lipinski definition) is 1. The monoisotopic (exact) mass is 196 g/mol. The van der Waals surface area contributed by atoms with Crippen molar-refractivity contribution >= 4 is 11.3 Å². The molecular formula is C10H16N2S. The lowest BCUT2D eigenvalue weighted by Crippen LogP contribution is -2.22. The fraction of sp³-hybridized carbons (Fsp3) is 0.700. The van der Waals surface area contributed by atoms with Crippen LogP contribution in [0, 0.1) is 12.3 Å². The van der Waals surface area contributed by atoms with E-state index < -0.39 is 0 Å². The zero-order valence-electron chi connectivity index (χ0n) is 8.26. The van der Waals surface area contributed by atoms with Crippen LogP contribution in [0.4, 0.5) is 0 Å². The summed E-state index contributed by atoms with van der Waals surface area (Å²) in [5, 5.41) is 6.66. The van der Waals surface area contributed by atoms with E-state index in [0.29, 0.717) is 5.41 Å². The molecule has 13 heavy (non-hydrogen) atoms. The van der Waals surface area contributed by atoms with Gasteiger partial charge in [0.15, 0.2) is 0 Å². The highest BCUT2D eigenvalue weighted by Crippen LogP contribution is 2.47. The molecule has 1 aliphatic rings. The van der Waals surface area contributed by atoms with E-state index >= 15 is 0 Å². The molecule has 0 spiro atoms. The first-order valence-corrected chi connectivity index (χ1v) is 5.68. The summed E-state index contributed by atoms with van der Waals surface area (Å²) in [4.78, 5) is 4.51. The third-order valence-electron chi connectivity index (χ3n) is 2.73. The van der Waals surface area contributed by atoms with Crippen molar-refractivity contribution in [2.45, 2.75) is 26.2 Å². The molecule has 0 aromatic carbocycles. The lowest BCUT2D eigenvalue weighted by Gasteiger charge is -2.11. The van der Waals surface area contributed by atoms with Crippen molar-refractivity contribution in [1.29, 1.82) is 0 Å². The predicted octanol–water partition coefficient (Wildman–Crippen LogP) is 1.99. The Morgan fingerprint density at radius 1 is 1.62 bits per heavy atom. The first kappa shape index (κ1) is 9.16. The van der Waals surface area contributed by atoms with Crippen LogP contribution in [-0.2, 0) is 6.42 Å². The molecule has 3 heteroatoms. The molecule has 0 bridgehead atoms. The smallest absolute Gasteiger partial charge is 0.0897 e. The Morgan fingerprint density at radius 2 is 2.38 bits per heavy atom. The number of thiazole rings is 1. The van der Waals surface area contributed by atoms with E-state index in [1.54, 1.807) is 11.3 Å². The molecule has 0 saturated heterocycles. The van der Waals surface area contributed by atoms with Crippen LogP contribution in [0.25, 0.3) is 0 Å². The van der Waals surface area contributed by atoms with Crippen molar-refractivity contribution in [2.75, 3.05) is 13.6 Å². The molecule has 1 aromatic rings. The number of aromatic nitrogens is 1. The van der Waals surface area contributed by atoms with Crippen molar-refractivity contribution < 1.29 is 0 Å². The third kappa shape index (κ3) is 2.09. The molecule has 1 aromatic heterocycles. The van der Waals surface area contributed by atoms with Gasteiger partial charge in [-0.3, -0.25) is 0 Å². The quantitative estimate of drug-likeness (QED) is 0.796. The van der Waals surface area contributed by atoms with Crippen LogP contribution in [0.5, 0.6) is 0 Å². The molecule has 0 aliphatic heterocycles. The normalized spacial score (nSPS) is 18.9. The third-order valence-corrected chi connectivity index (χ3v) is 3.55. The average molecular weight is 196 g/mol. The maximum Gasteiger partial charge on any atom is 0.0897 e. The number of nitrogens with one attached hydrogen (secondary N) is 1. The summed E-state index contributed by atoms with van der Waals surface area (Å²) in [6.07, 6.45) is 3.90. The predicted molar refractivity (Wildman–Crippen MR) is 56.1 cm³/mol. The van der Waals surface area contributed by atoms with Gasteiger partial charge in [-0.2, -0.15) is 0 Å². The lowest BCUT2D eigenvalue weighted by molar-refractivity contribution is 0.474. The van der Waals surface area contributed by atoms with Crippen LogP contribution >= 0.6 is 11.3 Å². The maximum absolute atomic E-state index is 4.51. The fourth-order valence-corrected chi connectivity index (χ4v) is 2.45. The van der Waals surface area contributed by atoms with Gasteiger partial charge in [0, 0.05) is 11.9 Å². The molecule has 0 unspecified atom stereocenters. The first-order chi connectivity index (χ1) is 6.24. The molecule has 1 saturated carbocycles. The summed E-state index contributed by atoms with van der Waals surface area (Å²) in [6.45, 7) is 3.22. The van der Waals surface area contributed by atoms with Gasteiger partial charge in [-0.15, -0.1) is 11.3 Å². The molecule has 2 nitrogen and oxygen atoms in total. The van der Waals surface area contributed by atoms with E-state index in [0.717, 1.165) is 13.0 Å². The number of aryl methyl sites for hydroxylation is 1. The number of hydrogen-bond acceptors (Lipinski definition) is 3. The second-order valence-corrected chi connectivity index (χ2v) is 5.13. The Bertz CT molecular complexity index is 289. The minimum Gasteiger partial charge on any atom is -0.319 e. The van der Waals surface area contributed by atoms with Gasteiger partial charge >= 0.3 is 0 Å². The second-order valence-electron chi connectivity index (χ2n) is 4.06. The van der Waals surface area contributed by atoms with Crippen molar-refractivity contribution in [2.24, 2.45) is 5.41 Å². The van der Waals surface area contributed by atoms with E-state index in [2.05, 4.69) is 22.6 Å². The highest BCUT2D eigenvalue weighted by Gasteiger charge is 2.42. The van der Waals surface area contributed by atoms with Crippen LogP contribution < -0.4 is 5.32 Å². The highest BCUT2D eigenvalue weighted by atomic mass is 32.1. The SMILES string of the molecule is CNCC1(Cc2csc(C)n2)CC1. The highest BCUT2D eigenvalue weighted by molar-refractivity contribution is 7.09.